The lowest BCUT2D eigenvalue weighted by atomic mass is 10.00. The molecular weight excluding hydrogens is 542 g/mol. The Hall–Kier alpha value is -1.67. The maximum absolute atomic E-state index is 12.0. The fourth-order valence-corrected chi connectivity index (χ4v) is 5.34. The highest BCUT2D eigenvalue weighted by Crippen LogP contribution is 2.57. The van der Waals surface area contributed by atoms with Crippen molar-refractivity contribution < 1.29 is 72.1 Å². The van der Waals surface area contributed by atoms with E-state index < -0.39 is 88.7 Å². The number of ether oxygens (including phenoxy) is 2. The molecular formula is C15H20N2O17P2-2. The molecule has 2 saturated heterocycles. The number of carbonyl (C=O) groups excluding carboxylic acids is 1. The number of carbonyl (C=O) groups is 1. The van der Waals surface area contributed by atoms with E-state index in [0.717, 1.165) is 12.3 Å². The van der Waals surface area contributed by atoms with Crippen LogP contribution < -0.4 is 21.0 Å². The van der Waals surface area contributed by atoms with Crippen molar-refractivity contribution in [3.8, 4) is 0 Å². The average Bonchev–Trinajstić information content (AvgIpc) is 3.06. The van der Waals surface area contributed by atoms with Gasteiger partial charge in [-0.2, -0.15) is 0 Å². The second-order valence-corrected chi connectivity index (χ2v) is 10.4. The molecule has 0 radical (unpaired) electrons. The summed E-state index contributed by atoms with van der Waals surface area (Å²) in [6, 6.07) is 0.906. The summed E-state index contributed by atoms with van der Waals surface area (Å²) in [4.78, 5) is 59.7. The average molecular weight is 562 g/mol. The molecule has 0 amide bonds. The van der Waals surface area contributed by atoms with Crippen molar-refractivity contribution in [3.05, 3.63) is 33.1 Å². The number of hydrogen-bond donors (Lipinski definition) is 6. The fourth-order valence-electron chi connectivity index (χ4n) is 3.25. The van der Waals surface area contributed by atoms with E-state index in [9.17, 15) is 58.8 Å². The summed E-state index contributed by atoms with van der Waals surface area (Å²) in [5.41, 5.74) is -1.79. The Morgan fingerprint density at radius 3 is 2.28 bits per heavy atom. The van der Waals surface area contributed by atoms with Gasteiger partial charge in [-0.15, -0.1) is 0 Å². The molecule has 2 aliphatic heterocycles. The summed E-state index contributed by atoms with van der Waals surface area (Å²) in [7, 11) is -11.8. The van der Waals surface area contributed by atoms with E-state index in [1.165, 1.54) is 0 Å². The summed E-state index contributed by atoms with van der Waals surface area (Å²) in [5.74, 6) is 0. The molecule has 21 heteroatoms. The number of aromatic nitrogens is 2. The molecule has 0 bridgehead atoms. The van der Waals surface area contributed by atoms with Gasteiger partial charge < -0.3 is 54.1 Å². The molecule has 19 nitrogen and oxygen atoms in total. The quantitative estimate of drug-likeness (QED) is 0.121. The topological polar surface area (TPSA) is 299 Å². The number of aliphatic hydroxyl groups excluding tert-OH is 5. The second-order valence-electron chi connectivity index (χ2n) is 7.52. The molecule has 0 aromatic carbocycles. The molecule has 2 fully saturated rings. The molecule has 3 rings (SSSR count). The van der Waals surface area contributed by atoms with Crippen molar-refractivity contribution in [2.24, 2.45) is 0 Å². The number of hydrogen-bond acceptors (Lipinski definition) is 17. The van der Waals surface area contributed by atoms with Crippen molar-refractivity contribution in [2.75, 3.05) is 6.61 Å². The number of phosphoric acid groups is 2. The highest BCUT2D eigenvalue weighted by atomic mass is 31.3. The maximum Gasteiger partial charge on any atom is 0.330 e. The van der Waals surface area contributed by atoms with Crippen LogP contribution in [0.25, 0.3) is 0 Å². The van der Waals surface area contributed by atoms with Gasteiger partial charge in [-0.3, -0.25) is 28.0 Å². The van der Waals surface area contributed by atoms with Crippen molar-refractivity contribution in [1.29, 1.82) is 0 Å². The number of aldehydes is 1. The first-order chi connectivity index (χ1) is 16.7. The largest absolute Gasteiger partial charge is 0.756 e. The van der Waals surface area contributed by atoms with Crippen LogP contribution in [0.4, 0.5) is 0 Å². The Labute approximate surface area is 199 Å². The van der Waals surface area contributed by atoms with Crippen LogP contribution >= 0.6 is 15.6 Å². The van der Waals surface area contributed by atoms with Crippen LogP contribution in [0.5, 0.6) is 0 Å². The molecule has 2 aliphatic rings. The Kier molecular flexibility index (Phi) is 8.81. The van der Waals surface area contributed by atoms with E-state index in [0.29, 0.717) is 4.57 Å². The van der Waals surface area contributed by atoms with Crippen LogP contribution in [0.15, 0.2) is 21.9 Å². The van der Waals surface area contributed by atoms with E-state index in [1.807, 2.05) is 4.98 Å². The van der Waals surface area contributed by atoms with Gasteiger partial charge in [0.1, 0.15) is 42.7 Å². The van der Waals surface area contributed by atoms with E-state index in [4.69, 9.17) is 4.74 Å². The van der Waals surface area contributed by atoms with Crippen molar-refractivity contribution in [3.63, 3.8) is 0 Å². The highest BCUT2D eigenvalue weighted by Gasteiger charge is 2.47. The van der Waals surface area contributed by atoms with Gasteiger partial charge in [0, 0.05) is 12.3 Å². The Morgan fingerprint density at radius 2 is 1.67 bits per heavy atom. The molecule has 0 aliphatic carbocycles. The highest BCUT2D eigenvalue weighted by molar-refractivity contribution is 7.59. The number of H-pyrrole nitrogens is 1. The number of nitrogens with zero attached hydrogens (tertiary/aromatic N) is 1. The van der Waals surface area contributed by atoms with Crippen LogP contribution in [0.1, 0.15) is 6.23 Å². The second kappa shape index (κ2) is 11.0. The van der Waals surface area contributed by atoms with Gasteiger partial charge in [0.15, 0.2) is 18.8 Å². The zero-order chi connectivity index (χ0) is 27.0. The van der Waals surface area contributed by atoms with Gasteiger partial charge in [0.2, 0.25) is 0 Å². The molecule has 3 heterocycles. The minimum Gasteiger partial charge on any atom is -0.756 e. The van der Waals surface area contributed by atoms with Crippen LogP contribution in [0.3, 0.4) is 0 Å². The third kappa shape index (κ3) is 6.42. The Morgan fingerprint density at radius 1 is 1.00 bits per heavy atom. The van der Waals surface area contributed by atoms with Crippen LogP contribution in [-0.2, 0) is 36.8 Å². The predicted molar refractivity (Wildman–Crippen MR) is 103 cm³/mol. The first-order valence-corrected chi connectivity index (χ1v) is 12.7. The first-order valence-electron chi connectivity index (χ1n) is 9.80. The molecule has 1 aromatic rings. The monoisotopic (exact) mass is 562 g/mol. The number of aromatic amines is 1. The van der Waals surface area contributed by atoms with Gasteiger partial charge in [0.05, 0.1) is 6.61 Å². The molecule has 6 N–H and O–H groups in total. The SMILES string of the molecule is O=C[C@H]1O[C@H](OP(=O)([O-])OP(=O)([O-])OC[C@H]2O[C@@H](n3ccc(=O)[nH]c3=O)C(O)[C@H]2O)[C@H](O)[C@@H](O)[C@H]1O. The first kappa shape index (κ1) is 28.9. The fraction of sp³-hybridized carbons (Fsp3) is 0.667. The maximum atomic E-state index is 12.0. The number of aliphatic hydroxyl groups is 5. The summed E-state index contributed by atoms with van der Waals surface area (Å²) in [6.45, 7) is -1.13. The lowest BCUT2D eigenvalue weighted by Gasteiger charge is -2.40. The molecule has 1 aromatic heterocycles. The smallest absolute Gasteiger partial charge is 0.330 e. The summed E-state index contributed by atoms with van der Waals surface area (Å²) < 4.78 is 46.9. The van der Waals surface area contributed by atoms with Crippen LogP contribution in [0, 0.1) is 0 Å². The zero-order valence-electron chi connectivity index (χ0n) is 17.6. The van der Waals surface area contributed by atoms with Crippen LogP contribution in [-0.4, -0.2) is 97.0 Å². The van der Waals surface area contributed by atoms with E-state index in [2.05, 4.69) is 18.1 Å². The van der Waals surface area contributed by atoms with Gasteiger partial charge in [-0.25, -0.2) is 9.11 Å². The third-order valence-electron chi connectivity index (χ3n) is 5.03. The van der Waals surface area contributed by atoms with Gasteiger partial charge in [0.25, 0.3) is 21.2 Å². The lowest BCUT2D eigenvalue weighted by molar-refractivity contribution is -0.296. The Bertz CT molecular complexity index is 1160. The normalized spacial score (nSPS) is 38.2. The van der Waals surface area contributed by atoms with Crippen molar-refractivity contribution in [1.82, 2.24) is 9.55 Å². The van der Waals surface area contributed by atoms with Crippen molar-refractivity contribution in [2.45, 2.75) is 55.2 Å². The van der Waals surface area contributed by atoms with Gasteiger partial charge >= 0.3 is 5.69 Å². The standard InChI is InChI=1S/C15H22N2O17P2/c18-3-5-8(20)10(22)12(24)14(32-5)33-36(28,29)34-35(26,27)30-4-6-9(21)11(23)13(31-6)17-2-1-7(19)16-15(17)25/h1-3,5-6,8-14,20-24H,4H2,(H,26,27)(H,28,29)(H,16,19,25)/p-2/t5-,6-,8+,9+,10+,11?,12-,13-,14-/m1/s1. The van der Waals surface area contributed by atoms with Gasteiger partial charge in [-0.1, -0.05) is 0 Å². The summed E-state index contributed by atoms with van der Waals surface area (Å²) in [5, 5.41) is 49.1. The van der Waals surface area contributed by atoms with E-state index in [1.54, 1.807) is 0 Å². The molecule has 36 heavy (non-hydrogen) atoms. The summed E-state index contributed by atoms with van der Waals surface area (Å²) in [6.07, 6.45) is -16.5. The number of phosphoric ester groups is 2. The van der Waals surface area contributed by atoms with E-state index >= 15 is 0 Å². The van der Waals surface area contributed by atoms with Crippen molar-refractivity contribution >= 4 is 21.9 Å². The van der Waals surface area contributed by atoms with Crippen LogP contribution in [0.2, 0.25) is 0 Å². The molecule has 11 atom stereocenters. The minimum absolute atomic E-state index is 0.0376. The summed E-state index contributed by atoms with van der Waals surface area (Å²) >= 11 is 0. The predicted octanol–water partition coefficient (Wildman–Crippen LogP) is -5.85. The minimum atomic E-state index is -5.94. The molecule has 0 saturated carbocycles. The number of rotatable bonds is 9. The lowest BCUT2D eigenvalue weighted by Crippen LogP contribution is -2.58. The Balaban J connectivity index is 1.62. The molecule has 0 spiro atoms. The van der Waals surface area contributed by atoms with E-state index in [-0.39, 0.29) is 6.29 Å². The third-order valence-corrected chi connectivity index (χ3v) is 7.56. The van der Waals surface area contributed by atoms with Gasteiger partial charge in [-0.05, 0) is 0 Å². The number of nitrogens with one attached hydrogen (secondary N) is 1. The molecule has 204 valence electrons. The zero-order valence-corrected chi connectivity index (χ0v) is 19.4. The molecule has 3 unspecified atom stereocenters.